The number of hydrogen-bond acceptors (Lipinski definition) is 3. The molecule has 0 atom stereocenters. The van der Waals surface area contributed by atoms with Gasteiger partial charge >= 0.3 is 6.18 Å². The van der Waals surface area contributed by atoms with Gasteiger partial charge in [0.1, 0.15) is 6.33 Å². The van der Waals surface area contributed by atoms with E-state index in [0.29, 0.717) is 5.69 Å². The van der Waals surface area contributed by atoms with Crippen LogP contribution in [0.3, 0.4) is 0 Å². The fraction of sp³-hybridized carbons (Fsp3) is 0.105. The summed E-state index contributed by atoms with van der Waals surface area (Å²) in [6, 6.07) is 9.54. The van der Waals surface area contributed by atoms with Crippen molar-refractivity contribution in [2.75, 3.05) is 5.32 Å². The number of carbonyl (C=O) groups excluding carboxylic acids is 1. The molecule has 0 aliphatic carbocycles. The highest BCUT2D eigenvalue weighted by Crippen LogP contribution is 2.30. The number of aromatic nitrogens is 2. The molecule has 1 aromatic heterocycles. The third-order valence-corrected chi connectivity index (χ3v) is 3.82. The molecule has 0 saturated heterocycles. The Hall–Kier alpha value is -3.22. The molecule has 4 nitrogen and oxygen atoms in total. The van der Waals surface area contributed by atoms with Gasteiger partial charge < -0.3 is 5.32 Å². The number of nitrogens with zero attached hydrogens (tertiary/aromatic N) is 2. The van der Waals surface area contributed by atoms with E-state index in [1.54, 1.807) is 24.5 Å². The van der Waals surface area contributed by atoms with Crippen LogP contribution in [-0.2, 0) is 6.18 Å². The second-order valence-electron chi connectivity index (χ2n) is 5.69. The van der Waals surface area contributed by atoms with Crippen LogP contribution in [-0.4, -0.2) is 15.9 Å². The Balaban J connectivity index is 1.87. The zero-order valence-electron chi connectivity index (χ0n) is 13.7. The summed E-state index contributed by atoms with van der Waals surface area (Å²) < 4.78 is 38.4. The van der Waals surface area contributed by atoms with Crippen molar-refractivity contribution in [3.05, 3.63) is 77.9 Å². The molecule has 7 heteroatoms. The first-order valence-corrected chi connectivity index (χ1v) is 7.69. The molecule has 1 N–H and O–H groups in total. The van der Waals surface area contributed by atoms with E-state index in [2.05, 4.69) is 15.3 Å². The van der Waals surface area contributed by atoms with E-state index in [9.17, 15) is 18.0 Å². The number of halogens is 3. The zero-order chi connectivity index (χ0) is 18.7. The number of amides is 1. The molecule has 1 amide bonds. The zero-order valence-corrected chi connectivity index (χ0v) is 13.7. The first-order valence-electron chi connectivity index (χ1n) is 7.69. The second kappa shape index (κ2) is 6.95. The van der Waals surface area contributed by atoms with Gasteiger partial charge in [-0.05, 0) is 48.4 Å². The van der Waals surface area contributed by atoms with Crippen LogP contribution in [0.4, 0.5) is 18.9 Å². The highest BCUT2D eigenvalue weighted by Gasteiger charge is 2.30. The molecule has 0 aliphatic rings. The van der Waals surface area contributed by atoms with Gasteiger partial charge in [-0.3, -0.25) is 4.79 Å². The summed E-state index contributed by atoms with van der Waals surface area (Å²) in [6.45, 7) is 1.90. The van der Waals surface area contributed by atoms with Crippen molar-refractivity contribution in [3.63, 3.8) is 0 Å². The number of alkyl halides is 3. The minimum absolute atomic E-state index is 0.0648. The van der Waals surface area contributed by atoms with Crippen molar-refractivity contribution >= 4 is 11.6 Å². The Morgan fingerprint density at radius 1 is 1.04 bits per heavy atom. The molecule has 2 aromatic carbocycles. The van der Waals surface area contributed by atoms with Crippen LogP contribution in [0.5, 0.6) is 0 Å². The van der Waals surface area contributed by atoms with Gasteiger partial charge in [0.25, 0.3) is 5.91 Å². The van der Waals surface area contributed by atoms with E-state index in [0.717, 1.165) is 28.8 Å². The minimum atomic E-state index is -4.50. The summed E-state index contributed by atoms with van der Waals surface area (Å²) in [5.74, 6) is -0.616. The molecule has 3 aromatic rings. The van der Waals surface area contributed by atoms with Crippen LogP contribution in [0.25, 0.3) is 11.1 Å². The maximum absolute atomic E-state index is 12.8. The lowest BCUT2D eigenvalue weighted by molar-refractivity contribution is -0.137. The Morgan fingerprint density at radius 3 is 2.46 bits per heavy atom. The van der Waals surface area contributed by atoms with Crippen molar-refractivity contribution in [2.45, 2.75) is 13.1 Å². The second-order valence-corrected chi connectivity index (χ2v) is 5.69. The number of carbonyl (C=O) groups is 1. The van der Waals surface area contributed by atoms with Crippen molar-refractivity contribution in [2.24, 2.45) is 0 Å². The maximum Gasteiger partial charge on any atom is 0.416 e. The molecule has 1 heterocycles. The van der Waals surface area contributed by atoms with Gasteiger partial charge in [0.05, 0.1) is 5.56 Å². The number of anilines is 1. The summed E-state index contributed by atoms with van der Waals surface area (Å²) in [6.07, 6.45) is 0.209. The van der Waals surface area contributed by atoms with E-state index >= 15 is 0 Å². The molecule has 0 unspecified atom stereocenters. The van der Waals surface area contributed by atoms with Gasteiger partial charge in [-0.15, -0.1) is 0 Å². The van der Waals surface area contributed by atoms with E-state index in [4.69, 9.17) is 0 Å². The minimum Gasteiger partial charge on any atom is -0.322 e. The van der Waals surface area contributed by atoms with E-state index < -0.39 is 17.6 Å². The normalized spacial score (nSPS) is 11.2. The predicted molar refractivity (Wildman–Crippen MR) is 91.6 cm³/mol. The third-order valence-electron chi connectivity index (χ3n) is 3.82. The fourth-order valence-electron chi connectivity index (χ4n) is 2.49. The molecule has 0 radical (unpaired) electrons. The summed E-state index contributed by atoms with van der Waals surface area (Å²) in [7, 11) is 0. The molecular weight excluding hydrogens is 343 g/mol. The average molecular weight is 357 g/mol. The van der Waals surface area contributed by atoms with Crippen LogP contribution in [0.1, 0.15) is 21.5 Å². The Labute approximate surface area is 147 Å². The van der Waals surface area contributed by atoms with Gasteiger partial charge in [-0.1, -0.05) is 12.1 Å². The van der Waals surface area contributed by atoms with Crippen molar-refractivity contribution in [1.82, 2.24) is 9.97 Å². The predicted octanol–water partition coefficient (Wildman–Crippen LogP) is 4.72. The van der Waals surface area contributed by atoms with Crippen LogP contribution >= 0.6 is 0 Å². The fourth-order valence-corrected chi connectivity index (χ4v) is 2.49. The van der Waals surface area contributed by atoms with Gasteiger partial charge in [0.15, 0.2) is 0 Å². The first-order chi connectivity index (χ1) is 12.3. The smallest absolute Gasteiger partial charge is 0.322 e. The molecule has 132 valence electrons. The van der Waals surface area contributed by atoms with Crippen LogP contribution in [0, 0.1) is 6.92 Å². The number of hydrogen-bond donors (Lipinski definition) is 1. The molecule has 3 rings (SSSR count). The van der Waals surface area contributed by atoms with Gasteiger partial charge in [0, 0.05) is 29.2 Å². The van der Waals surface area contributed by atoms with E-state index in [1.807, 2.05) is 13.0 Å². The topological polar surface area (TPSA) is 54.9 Å². The standard InChI is InChI=1S/C19H14F3N3O/c1-12-5-6-16(8-17(12)14-9-23-11-24-10-14)25-18(26)13-3-2-4-15(7-13)19(20,21)22/h2-11H,1H3,(H,25,26). The van der Waals surface area contributed by atoms with Gasteiger partial charge in [-0.2, -0.15) is 13.2 Å². The molecule has 0 spiro atoms. The Bertz CT molecular complexity index is 940. The molecule has 0 bridgehead atoms. The monoisotopic (exact) mass is 357 g/mol. The van der Waals surface area contributed by atoms with Crippen molar-refractivity contribution < 1.29 is 18.0 Å². The third kappa shape index (κ3) is 3.88. The summed E-state index contributed by atoms with van der Waals surface area (Å²) in [4.78, 5) is 20.3. The number of rotatable bonds is 3. The lowest BCUT2D eigenvalue weighted by atomic mass is 10.0. The first kappa shape index (κ1) is 17.6. The lowest BCUT2D eigenvalue weighted by Crippen LogP contribution is -2.14. The maximum atomic E-state index is 12.8. The van der Waals surface area contributed by atoms with Gasteiger partial charge in [0.2, 0.25) is 0 Å². The largest absolute Gasteiger partial charge is 0.416 e. The lowest BCUT2D eigenvalue weighted by Gasteiger charge is -2.11. The Morgan fingerprint density at radius 2 is 1.77 bits per heavy atom. The average Bonchev–Trinajstić information content (AvgIpc) is 2.63. The van der Waals surface area contributed by atoms with Crippen LogP contribution in [0.2, 0.25) is 0 Å². The highest BCUT2D eigenvalue weighted by molar-refractivity contribution is 6.04. The molecular formula is C19H14F3N3O. The quantitative estimate of drug-likeness (QED) is 0.738. The van der Waals surface area contributed by atoms with E-state index in [-0.39, 0.29) is 5.56 Å². The summed E-state index contributed by atoms with van der Waals surface area (Å²) in [5, 5.41) is 2.63. The molecule has 26 heavy (non-hydrogen) atoms. The van der Waals surface area contributed by atoms with E-state index in [1.165, 1.54) is 18.5 Å². The molecule has 0 aliphatic heterocycles. The number of benzene rings is 2. The van der Waals surface area contributed by atoms with Crippen LogP contribution < -0.4 is 5.32 Å². The summed E-state index contributed by atoms with van der Waals surface area (Å²) >= 11 is 0. The molecule has 0 saturated carbocycles. The van der Waals surface area contributed by atoms with Crippen molar-refractivity contribution in [1.29, 1.82) is 0 Å². The van der Waals surface area contributed by atoms with Crippen molar-refractivity contribution in [3.8, 4) is 11.1 Å². The SMILES string of the molecule is Cc1ccc(NC(=O)c2cccc(C(F)(F)F)c2)cc1-c1cncnc1. The summed E-state index contributed by atoms with van der Waals surface area (Å²) in [5.41, 5.74) is 2.10. The number of nitrogens with one attached hydrogen (secondary N) is 1. The molecule has 0 fully saturated rings. The highest BCUT2D eigenvalue weighted by atomic mass is 19.4. The van der Waals surface area contributed by atoms with Crippen LogP contribution in [0.15, 0.2) is 61.2 Å². The Kier molecular flexibility index (Phi) is 4.71. The van der Waals surface area contributed by atoms with Gasteiger partial charge in [-0.25, -0.2) is 9.97 Å². The number of aryl methyl sites for hydroxylation is 1.